The van der Waals surface area contributed by atoms with Crippen LogP contribution in [0, 0.1) is 0 Å². The quantitative estimate of drug-likeness (QED) is 0.604. The lowest BCUT2D eigenvalue weighted by atomic mass is 9.94. The van der Waals surface area contributed by atoms with Gasteiger partial charge in [-0.25, -0.2) is 8.78 Å². The Morgan fingerprint density at radius 1 is 1.13 bits per heavy atom. The fraction of sp³-hybridized carbons (Fsp3) is 0.652. The Kier molecular flexibility index (Phi) is 9.14. The maximum atomic E-state index is 12.9. The van der Waals surface area contributed by atoms with Crippen molar-refractivity contribution >= 4 is 23.6 Å². The molecule has 31 heavy (non-hydrogen) atoms. The molecule has 1 aromatic carbocycles. The lowest BCUT2D eigenvalue weighted by molar-refractivity contribution is -0.129. The van der Waals surface area contributed by atoms with Crippen LogP contribution >= 0.6 is 11.8 Å². The molecule has 0 aromatic heterocycles. The van der Waals surface area contributed by atoms with E-state index in [0.29, 0.717) is 43.3 Å². The van der Waals surface area contributed by atoms with Crippen LogP contribution in [0.5, 0.6) is 0 Å². The number of carbonyl (C=O) groups is 2. The second kappa shape index (κ2) is 11.8. The molecule has 0 spiro atoms. The third kappa shape index (κ3) is 7.17. The van der Waals surface area contributed by atoms with Gasteiger partial charge in [-0.2, -0.15) is 0 Å². The Hall–Kier alpha value is -1.67. The number of nitrogens with one attached hydrogen (secondary N) is 1. The number of thioether (sulfide) groups is 1. The summed E-state index contributed by atoms with van der Waals surface area (Å²) in [6, 6.07) is 7.66. The Balaban J connectivity index is 1.51. The number of hydrogen-bond acceptors (Lipinski definition) is 4. The summed E-state index contributed by atoms with van der Waals surface area (Å²) in [5, 5.41) is 3.05. The van der Waals surface area contributed by atoms with Crippen molar-refractivity contribution in [2.24, 2.45) is 0 Å². The van der Waals surface area contributed by atoms with E-state index in [-0.39, 0.29) is 24.4 Å². The minimum Gasteiger partial charge on any atom is -0.349 e. The van der Waals surface area contributed by atoms with E-state index in [9.17, 15) is 18.4 Å². The highest BCUT2D eigenvalue weighted by Gasteiger charge is 2.25. The average molecular weight is 454 g/mol. The van der Waals surface area contributed by atoms with Crippen molar-refractivity contribution < 1.29 is 18.4 Å². The minimum atomic E-state index is -2.32. The summed E-state index contributed by atoms with van der Waals surface area (Å²) in [6.45, 7) is 0.921. The molecular weight excluding hydrogens is 420 g/mol. The fourth-order valence-corrected chi connectivity index (χ4v) is 5.39. The molecule has 8 heteroatoms. The summed E-state index contributed by atoms with van der Waals surface area (Å²) in [6.07, 6.45) is 4.76. The van der Waals surface area contributed by atoms with Gasteiger partial charge in [0.25, 0.3) is 12.3 Å². The maximum Gasteiger partial charge on any atom is 0.252 e. The predicted octanol–water partition coefficient (Wildman–Crippen LogP) is 4.03. The van der Waals surface area contributed by atoms with E-state index in [1.54, 1.807) is 11.0 Å². The Labute approximate surface area is 187 Å². The molecule has 2 aliphatic rings. The predicted molar refractivity (Wildman–Crippen MR) is 120 cm³/mol. The number of carbonyl (C=O) groups excluding carboxylic acids is 2. The van der Waals surface area contributed by atoms with Crippen LogP contribution in [0.2, 0.25) is 0 Å². The second-order valence-electron chi connectivity index (χ2n) is 8.52. The van der Waals surface area contributed by atoms with Crippen LogP contribution < -0.4 is 5.32 Å². The third-order valence-corrected chi connectivity index (χ3v) is 7.38. The highest BCUT2D eigenvalue weighted by Crippen LogP contribution is 2.26. The number of alkyl halides is 2. The molecule has 1 aliphatic heterocycles. The third-order valence-electron chi connectivity index (χ3n) is 6.32. The molecule has 2 amide bonds. The van der Waals surface area contributed by atoms with Gasteiger partial charge >= 0.3 is 0 Å². The largest absolute Gasteiger partial charge is 0.349 e. The molecule has 1 aromatic rings. The van der Waals surface area contributed by atoms with Crippen molar-refractivity contribution in [1.29, 1.82) is 0 Å². The summed E-state index contributed by atoms with van der Waals surface area (Å²) in [4.78, 5) is 29.9. The van der Waals surface area contributed by atoms with E-state index >= 15 is 0 Å². The highest BCUT2D eigenvalue weighted by atomic mass is 32.2. The summed E-state index contributed by atoms with van der Waals surface area (Å²) in [5.41, 5.74) is 0.565. The summed E-state index contributed by atoms with van der Waals surface area (Å²) < 4.78 is 25.1. The van der Waals surface area contributed by atoms with Gasteiger partial charge in [0.05, 0.1) is 17.9 Å². The number of halogens is 2. The van der Waals surface area contributed by atoms with Crippen molar-refractivity contribution in [3.8, 4) is 0 Å². The molecule has 0 unspecified atom stereocenters. The van der Waals surface area contributed by atoms with Crippen LogP contribution in [0.1, 0.15) is 55.3 Å². The first kappa shape index (κ1) is 24.0. The minimum absolute atomic E-state index is 0.0152. The monoisotopic (exact) mass is 453 g/mol. The number of rotatable bonds is 8. The number of piperidine rings is 1. The Morgan fingerprint density at radius 2 is 1.81 bits per heavy atom. The number of likely N-dealkylation sites (tertiary alicyclic amines) is 1. The van der Waals surface area contributed by atoms with Gasteiger partial charge in [-0.15, -0.1) is 11.8 Å². The SMILES string of the molecule is CN(C(=O)CSc1ccccc1C(=O)NC1CCN(CC(F)F)CC1)C1CCCCC1. The van der Waals surface area contributed by atoms with Crippen molar-refractivity contribution in [2.75, 3.05) is 32.4 Å². The molecule has 1 N–H and O–H groups in total. The van der Waals surface area contributed by atoms with Crippen LogP contribution in [0.3, 0.4) is 0 Å². The molecule has 5 nitrogen and oxygen atoms in total. The molecule has 1 saturated carbocycles. The topological polar surface area (TPSA) is 52.7 Å². The summed E-state index contributed by atoms with van der Waals surface area (Å²) >= 11 is 1.40. The zero-order valence-electron chi connectivity index (χ0n) is 18.2. The van der Waals surface area contributed by atoms with E-state index in [1.165, 1.54) is 31.0 Å². The van der Waals surface area contributed by atoms with Gasteiger partial charge in [0.2, 0.25) is 5.91 Å². The Bertz CT molecular complexity index is 735. The number of nitrogens with zero attached hydrogens (tertiary/aromatic N) is 2. The van der Waals surface area contributed by atoms with Gasteiger partial charge < -0.3 is 10.2 Å². The van der Waals surface area contributed by atoms with Crippen LogP contribution in [0.25, 0.3) is 0 Å². The van der Waals surface area contributed by atoms with Crippen molar-refractivity contribution in [3.05, 3.63) is 29.8 Å². The van der Waals surface area contributed by atoms with E-state index < -0.39 is 6.43 Å². The van der Waals surface area contributed by atoms with Gasteiger partial charge in [0.15, 0.2) is 0 Å². The summed E-state index contributed by atoms with van der Waals surface area (Å²) in [7, 11) is 1.89. The standard InChI is InChI=1S/C23H33F2N3O2S/c1-27(18-7-3-2-4-8-18)22(29)16-31-20-10-6-5-9-19(20)23(30)26-17-11-13-28(14-12-17)15-21(24)25/h5-6,9-10,17-18,21H,2-4,7-8,11-16H2,1H3,(H,26,30). The number of amides is 2. The van der Waals surface area contributed by atoms with Crippen LogP contribution in [-0.2, 0) is 4.79 Å². The number of benzene rings is 1. The van der Waals surface area contributed by atoms with Gasteiger partial charge in [0.1, 0.15) is 0 Å². The maximum absolute atomic E-state index is 12.9. The second-order valence-corrected chi connectivity index (χ2v) is 9.54. The molecule has 1 heterocycles. The van der Waals surface area contributed by atoms with Gasteiger partial charge in [0, 0.05) is 37.1 Å². The highest BCUT2D eigenvalue weighted by molar-refractivity contribution is 8.00. The average Bonchev–Trinajstić information content (AvgIpc) is 2.78. The van der Waals surface area contributed by atoms with Crippen molar-refractivity contribution in [2.45, 2.75) is 68.4 Å². The van der Waals surface area contributed by atoms with Gasteiger partial charge in [-0.05, 0) is 37.8 Å². The van der Waals surface area contributed by atoms with Crippen molar-refractivity contribution in [3.63, 3.8) is 0 Å². The smallest absolute Gasteiger partial charge is 0.252 e. The molecule has 0 atom stereocenters. The molecular formula is C23H33F2N3O2S. The van der Waals surface area contributed by atoms with Crippen LogP contribution in [0.15, 0.2) is 29.2 Å². The lowest BCUT2D eigenvalue weighted by Crippen LogP contribution is -2.45. The van der Waals surface area contributed by atoms with E-state index in [4.69, 9.17) is 0 Å². The molecule has 0 radical (unpaired) electrons. The first-order valence-corrected chi connectivity index (χ1v) is 12.2. The van der Waals surface area contributed by atoms with Gasteiger partial charge in [-0.1, -0.05) is 31.4 Å². The van der Waals surface area contributed by atoms with E-state index in [2.05, 4.69) is 5.32 Å². The first-order valence-electron chi connectivity index (χ1n) is 11.2. The molecule has 3 rings (SSSR count). The van der Waals surface area contributed by atoms with E-state index in [0.717, 1.165) is 17.7 Å². The van der Waals surface area contributed by atoms with Crippen molar-refractivity contribution in [1.82, 2.24) is 15.1 Å². The zero-order valence-corrected chi connectivity index (χ0v) is 19.0. The van der Waals surface area contributed by atoms with Gasteiger partial charge in [-0.3, -0.25) is 14.5 Å². The van der Waals surface area contributed by atoms with E-state index in [1.807, 2.05) is 30.1 Å². The van der Waals surface area contributed by atoms with Crippen LogP contribution in [-0.4, -0.2) is 72.6 Å². The molecule has 172 valence electrons. The Morgan fingerprint density at radius 3 is 2.48 bits per heavy atom. The lowest BCUT2D eigenvalue weighted by Gasteiger charge is -2.32. The molecule has 2 fully saturated rings. The molecule has 1 saturated heterocycles. The summed E-state index contributed by atoms with van der Waals surface area (Å²) in [5.74, 6) is 0.241. The molecule has 1 aliphatic carbocycles. The number of hydrogen-bond donors (Lipinski definition) is 1. The zero-order chi connectivity index (χ0) is 22.2. The van der Waals surface area contributed by atoms with Crippen LogP contribution in [0.4, 0.5) is 8.78 Å². The normalized spacial score (nSPS) is 18.8. The fourth-order valence-electron chi connectivity index (χ4n) is 4.41. The first-order chi connectivity index (χ1) is 14.9. The molecule has 0 bridgehead atoms.